The lowest BCUT2D eigenvalue weighted by atomic mass is 10.0. The highest BCUT2D eigenvalue weighted by atomic mass is 16.1. The van der Waals surface area contributed by atoms with Crippen LogP contribution in [0.5, 0.6) is 0 Å². The van der Waals surface area contributed by atoms with Crippen LogP contribution in [0.2, 0.25) is 0 Å². The molecule has 29 heavy (non-hydrogen) atoms. The maximum atomic E-state index is 12.8. The summed E-state index contributed by atoms with van der Waals surface area (Å²) in [5.74, 6) is 1.30. The van der Waals surface area contributed by atoms with Crippen molar-refractivity contribution in [3.63, 3.8) is 0 Å². The van der Waals surface area contributed by atoms with Crippen LogP contribution >= 0.6 is 0 Å². The number of pyridine rings is 1. The number of amides is 1. The molecular formula is C23H33N5O. The van der Waals surface area contributed by atoms with E-state index in [0.29, 0.717) is 17.5 Å². The number of hydrogen-bond acceptors (Lipinski definition) is 4. The lowest BCUT2D eigenvalue weighted by Crippen LogP contribution is -2.44. The highest BCUT2D eigenvalue weighted by Gasteiger charge is 2.25. The van der Waals surface area contributed by atoms with Crippen molar-refractivity contribution in [1.82, 2.24) is 10.3 Å². The second-order valence-corrected chi connectivity index (χ2v) is 8.63. The third-order valence-corrected chi connectivity index (χ3v) is 5.35. The standard InChI is InChI=1S/C23H33N5O/c1-14(2)13-25-19-6-8-28(9-7-19)22-20(23(29)26-17(5)24)12-18-11-15(3)10-16(4)21(18)27-22/h10-12,14,19,25H,6-9,13H2,1-5H3,(H2,24,26,29). The zero-order valence-electron chi connectivity index (χ0n) is 18.2. The van der Waals surface area contributed by atoms with Crippen molar-refractivity contribution in [3.05, 3.63) is 34.9 Å². The quantitative estimate of drug-likeness (QED) is 0.597. The Morgan fingerprint density at radius 2 is 1.97 bits per heavy atom. The molecule has 3 N–H and O–H groups in total. The molecule has 3 rings (SSSR count). The molecule has 0 spiro atoms. The molecule has 6 heteroatoms. The van der Waals surface area contributed by atoms with E-state index in [9.17, 15) is 4.79 Å². The Kier molecular flexibility index (Phi) is 6.52. The van der Waals surface area contributed by atoms with Crippen LogP contribution in [0, 0.1) is 19.8 Å². The third-order valence-electron chi connectivity index (χ3n) is 5.35. The number of carbonyl (C=O) groups excluding carboxylic acids is 1. The van der Waals surface area contributed by atoms with Gasteiger partial charge in [0, 0.05) is 24.5 Å². The number of nitrogens with one attached hydrogen (secondary N) is 1. The lowest BCUT2D eigenvalue weighted by molar-refractivity contribution is 0.100. The van der Waals surface area contributed by atoms with Gasteiger partial charge in [-0.3, -0.25) is 4.79 Å². The summed E-state index contributed by atoms with van der Waals surface area (Å²) in [5, 5.41) is 4.61. The van der Waals surface area contributed by atoms with Crippen LogP contribution in [-0.2, 0) is 0 Å². The molecule has 0 atom stereocenters. The van der Waals surface area contributed by atoms with Gasteiger partial charge in [-0.05, 0) is 63.8 Å². The number of nitrogens with zero attached hydrogens (tertiary/aromatic N) is 3. The van der Waals surface area contributed by atoms with Gasteiger partial charge in [0.2, 0.25) is 0 Å². The number of benzene rings is 1. The minimum Gasteiger partial charge on any atom is -0.387 e. The second kappa shape index (κ2) is 8.91. The Morgan fingerprint density at radius 3 is 2.59 bits per heavy atom. The number of carbonyl (C=O) groups is 1. The van der Waals surface area contributed by atoms with E-state index >= 15 is 0 Å². The van der Waals surface area contributed by atoms with E-state index in [1.807, 2.05) is 6.07 Å². The summed E-state index contributed by atoms with van der Waals surface area (Å²) in [7, 11) is 0. The molecule has 0 radical (unpaired) electrons. The largest absolute Gasteiger partial charge is 0.387 e. The van der Waals surface area contributed by atoms with Gasteiger partial charge in [0.15, 0.2) is 0 Å². The Balaban J connectivity index is 1.95. The molecule has 1 aliphatic heterocycles. The van der Waals surface area contributed by atoms with Crippen LogP contribution in [0.25, 0.3) is 10.9 Å². The van der Waals surface area contributed by atoms with E-state index in [0.717, 1.165) is 60.3 Å². The van der Waals surface area contributed by atoms with Crippen LogP contribution in [0.15, 0.2) is 23.2 Å². The normalized spacial score (nSPS) is 16.1. The van der Waals surface area contributed by atoms with Crippen molar-refractivity contribution < 1.29 is 4.79 Å². The highest BCUT2D eigenvalue weighted by molar-refractivity contribution is 6.07. The number of aliphatic imine (C=N–C) groups is 1. The molecule has 156 valence electrons. The summed E-state index contributed by atoms with van der Waals surface area (Å²) in [6, 6.07) is 6.64. The van der Waals surface area contributed by atoms with Gasteiger partial charge >= 0.3 is 0 Å². The minimum atomic E-state index is -0.325. The van der Waals surface area contributed by atoms with E-state index in [1.54, 1.807) is 6.92 Å². The molecule has 1 aliphatic rings. The monoisotopic (exact) mass is 395 g/mol. The van der Waals surface area contributed by atoms with Gasteiger partial charge in [0.1, 0.15) is 11.7 Å². The van der Waals surface area contributed by atoms with Gasteiger partial charge in [0.25, 0.3) is 5.91 Å². The minimum absolute atomic E-state index is 0.262. The molecule has 0 aliphatic carbocycles. The fourth-order valence-electron chi connectivity index (χ4n) is 3.96. The van der Waals surface area contributed by atoms with Crippen molar-refractivity contribution in [3.8, 4) is 0 Å². The maximum Gasteiger partial charge on any atom is 0.282 e. The summed E-state index contributed by atoms with van der Waals surface area (Å²) in [6.45, 7) is 13.0. The van der Waals surface area contributed by atoms with Crippen molar-refractivity contribution in [2.75, 3.05) is 24.5 Å². The molecule has 0 bridgehead atoms. The highest BCUT2D eigenvalue weighted by Crippen LogP contribution is 2.29. The number of fused-ring (bicyclic) bond motifs is 1. The zero-order valence-corrected chi connectivity index (χ0v) is 18.2. The average molecular weight is 396 g/mol. The number of aryl methyl sites for hydroxylation is 2. The van der Waals surface area contributed by atoms with Crippen molar-refractivity contribution in [1.29, 1.82) is 0 Å². The summed E-state index contributed by atoms with van der Waals surface area (Å²) in [5.41, 5.74) is 9.42. The molecule has 1 fully saturated rings. The number of piperidine rings is 1. The van der Waals surface area contributed by atoms with Crippen molar-refractivity contribution in [2.24, 2.45) is 16.6 Å². The number of aromatic nitrogens is 1. The van der Waals surface area contributed by atoms with Crippen molar-refractivity contribution >= 4 is 28.5 Å². The molecule has 6 nitrogen and oxygen atoms in total. The van der Waals surface area contributed by atoms with E-state index in [4.69, 9.17) is 10.7 Å². The predicted molar refractivity (Wildman–Crippen MR) is 121 cm³/mol. The molecule has 0 saturated carbocycles. The topological polar surface area (TPSA) is 83.6 Å². The van der Waals surface area contributed by atoms with Gasteiger partial charge in [-0.2, -0.15) is 4.99 Å². The predicted octanol–water partition coefficient (Wildman–Crippen LogP) is 3.58. The van der Waals surface area contributed by atoms with Crippen LogP contribution in [-0.4, -0.2) is 42.4 Å². The third kappa shape index (κ3) is 5.12. The number of rotatable bonds is 5. The van der Waals surface area contributed by atoms with E-state index in [-0.39, 0.29) is 11.7 Å². The fourth-order valence-corrected chi connectivity index (χ4v) is 3.96. The van der Waals surface area contributed by atoms with Crippen LogP contribution in [0.3, 0.4) is 0 Å². The van der Waals surface area contributed by atoms with Crippen molar-refractivity contribution in [2.45, 2.75) is 53.5 Å². The van der Waals surface area contributed by atoms with Gasteiger partial charge < -0.3 is 16.0 Å². The number of anilines is 1. The molecule has 2 heterocycles. The zero-order chi connectivity index (χ0) is 21.1. The average Bonchev–Trinajstić information content (AvgIpc) is 2.65. The maximum absolute atomic E-state index is 12.8. The first kappa shape index (κ1) is 21.2. The molecule has 1 aromatic heterocycles. The number of hydrogen-bond donors (Lipinski definition) is 2. The summed E-state index contributed by atoms with van der Waals surface area (Å²) < 4.78 is 0. The van der Waals surface area contributed by atoms with Crippen LogP contribution in [0.1, 0.15) is 55.1 Å². The smallest absolute Gasteiger partial charge is 0.282 e. The van der Waals surface area contributed by atoms with Gasteiger partial charge in [-0.15, -0.1) is 0 Å². The van der Waals surface area contributed by atoms with E-state index in [1.165, 1.54) is 0 Å². The van der Waals surface area contributed by atoms with E-state index < -0.39 is 0 Å². The Morgan fingerprint density at radius 1 is 1.28 bits per heavy atom. The Hall–Kier alpha value is -2.47. The fraction of sp³-hybridized carbons (Fsp3) is 0.522. The van der Waals surface area contributed by atoms with Crippen LogP contribution in [0.4, 0.5) is 5.82 Å². The van der Waals surface area contributed by atoms with Crippen LogP contribution < -0.4 is 16.0 Å². The summed E-state index contributed by atoms with van der Waals surface area (Å²) >= 11 is 0. The van der Waals surface area contributed by atoms with Gasteiger partial charge in [-0.25, -0.2) is 4.98 Å². The number of nitrogens with two attached hydrogens (primary N) is 1. The Bertz CT molecular complexity index is 923. The number of amidine groups is 1. The summed E-state index contributed by atoms with van der Waals surface area (Å²) in [6.07, 6.45) is 2.07. The summed E-state index contributed by atoms with van der Waals surface area (Å²) in [4.78, 5) is 24.0. The molecule has 1 amide bonds. The lowest BCUT2D eigenvalue weighted by Gasteiger charge is -2.34. The molecule has 0 unspecified atom stereocenters. The molecular weight excluding hydrogens is 362 g/mol. The molecule has 1 saturated heterocycles. The molecule has 2 aromatic rings. The molecule has 1 aromatic carbocycles. The Labute approximate surface area is 173 Å². The van der Waals surface area contributed by atoms with E-state index in [2.05, 4.69) is 55.0 Å². The first-order valence-corrected chi connectivity index (χ1v) is 10.5. The van der Waals surface area contributed by atoms with Gasteiger partial charge in [0.05, 0.1) is 11.1 Å². The first-order valence-electron chi connectivity index (χ1n) is 10.5. The second-order valence-electron chi connectivity index (χ2n) is 8.63. The SMILES string of the molecule is CC(N)=NC(=O)c1cc2cc(C)cc(C)c2nc1N1CCC(NCC(C)C)CC1. The first-order chi connectivity index (χ1) is 13.7. The van der Waals surface area contributed by atoms with Gasteiger partial charge in [-0.1, -0.05) is 25.5 Å².